The van der Waals surface area contributed by atoms with Crippen molar-refractivity contribution >= 4 is 11.6 Å². The summed E-state index contributed by atoms with van der Waals surface area (Å²) in [6.45, 7) is 3.56. The van der Waals surface area contributed by atoms with Gasteiger partial charge in [-0.3, -0.25) is 4.79 Å². The van der Waals surface area contributed by atoms with Crippen molar-refractivity contribution in [2.75, 3.05) is 5.32 Å². The number of carbonyl (C=O) groups excluding carboxylic acids is 1. The van der Waals surface area contributed by atoms with Gasteiger partial charge in [0.1, 0.15) is 0 Å². The van der Waals surface area contributed by atoms with Crippen LogP contribution in [-0.4, -0.2) is 15.6 Å². The van der Waals surface area contributed by atoms with Gasteiger partial charge in [0.15, 0.2) is 0 Å². The fourth-order valence-electron chi connectivity index (χ4n) is 3.13. The van der Waals surface area contributed by atoms with Crippen molar-refractivity contribution in [2.45, 2.75) is 39.2 Å². The van der Waals surface area contributed by atoms with E-state index >= 15 is 0 Å². The van der Waals surface area contributed by atoms with Gasteiger partial charge in [-0.25, -0.2) is 0 Å². The van der Waals surface area contributed by atoms with Gasteiger partial charge in [-0.05, 0) is 56.5 Å². The lowest BCUT2D eigenvalue weighted by Crippen LogP contribution is -2.11. The number of fused-ring (bicyclic) bond motifs is 1. The molecule has 1 aromatic carbocycles. The number of aliphatic hydroxyl groups excluding tert-OH is 1. The first kappa shape index (κ1) is 13.9. The standard InChI is InChI=1S/C17H20N2O2/c1-11-10-15-16(4-3-5-17(15)21)19(11)14-8-6-13(7-9-14)18-12(2)20/h6-10,17,21H,3-5H2,1-2H3,(H,18,20). The molecular weight excluding hydrogens is 264 g/mol. The zero-order chi connectivity index (χ0) is 15.0. The Hall–Kier alpha value is -2.07. The molecule has 0 fully saturated rings. The molecule has 4 nitrogen and oxygen atoms in total. The highest BCUT2D eigenvalue weighted by Crippen LogP contribution is 2.34. The molecule has 1 heterocycles. The van der Waals surface area contributed by atoms with Crippen molar-refractivity contribution < 1.29 is 9.90 Å². The van der Waals surface area contributed by atoms with Crippen LogP contribution in [0.4, 0.5) is 5.69 Å². The molecule has 21 heavy (non-hydrogen) atoms. The van der Waals surface area contributed by atoms with Crippen LogP contribution in [0.5, 0.6) is 0 Å². The summed E-state index contributed by atoms with van der Waals surface area (Å²) in [5.41, 5.74) is 5.26. The number of hydrogen-bond acceptors (Lipinski definition) is 2. The molecule has 4 heteroatoms. The van der Waals surface area contributed by atoms with Crippen molar-refractivity contribution in [1.82, 2.24) is 4.57 Å². The van der Waals surface area contributed by atoms with E-state index in [4.69, 9.17) is 0 Å². The van der Waals surface area contributed by atoms with Crippen molar-refractivity contribution in [2.24, 2.45) is 0 Å². The van der Waals surface area contributed by atoms with E-state index in [1.165, 1.54) is 12.6 Å². The van der Waals surface area contributed by atoms with Crippen LogP contribution in [0.1, 0.15) is 42.8 Å². The zero-order valence-electron chi connectivity index (χ0n) is 12.4. The minimum atomic E-state index is -0.340. The molecule has 0 radical (unpaired) electrons. The second-order valence-electron chi connectivity index (χ2n) is 5.66. The number of nitrogens with zero attached hydrogens (tertiary/aromatic N) is 1. The minimum absolute atomic E-state index is 0.0691. The summed E-state index contributed by atoms with van der Waals surface area (Å²) in [5.74, 6) is -0.0691. The van der Waals surface area contributed by atoms with Crippen LogP contribution in [-0.2, 0) is 11.2 Å². The van der Waals surface area contributed by atoms with Crippen molar-refractivity contribution in [1.29, 1.82) is 0 Å². The monoisotopic (exact) mass is 284 g/mol. The quantitative estimate of drug-likeness (QED) is 0.890. The maximum atomic E-state index is 11.1. The van der Waals surface area contributed by atoms with E-state index in [0.717, 1.165) is 41.9 Å². The third-order valence-corrected chi connectivity index (χ3v) is 4.02. The van der Waals surface area contributed by atoms with Crippen molar-refractivity contribution in [3.05, 3.63) is 47.3 Å². The zero-order valence-corrected chi connectivity index (χ0v) is 12.4. The molecule has 1 amide bonds. The number of amides is 1. The molecule has 110 valence electrons. The number of nitrogens with one attached hydrogen (secondary N) is 1. The van der Waals surface area contributed by atoms with Gasteiger partial charge in [0.2, 0.25) is 5.91 Å². The molecule has 2 aromatic rings. The summed E-state index contributed by atoms with van der Waals surface area (Å²) >= 11 is 0. The Labute approximate surface area is 124 Å². The molecule has 2 N–H and O–H groups in total. The number of anilines is 1. The molecule has 0 saturated carbocycles. The first-order valence-corrected chi connectivity index (χ1v) is 7.33. The average Bonchev–Trinajstić information content (AvgIpc) is 2.77. The van der Waals surface area contributed by atoms with Crippen LogP contribution in [0.2, 0.25) is 0 Å². The summed E-state index contributed by atoms with van der Waals surface area (Å²) in [7, 11) is 0. The average molecular weight is 284 g/mol. The predicted molar refractivity (Wildman–Crippen MR) is 82.7 cm³/mol. The van der Waals surface area contributed by atoms with E-state index in [9.17, 15) is 9.90 Å². The molecule has 0 bridgehead atoms. The van der Waals surface area contributed by atoms with Crippen LogP contribution < -0.4 is 5.32 Å². The van der Waals surface area contributed by atoms with Gasteiger partial charge >= 0.3 is 0 Å². The third kappa shape index (κ3) is 2.59. The van der Waals surface area contributed by atoms with Gasteiger partial charge in [0.25, 0.3) is 0 Å². The largest absolute Gasteiger partial charge is 0.388 e. The highest BCUT2D eigenvalue weighted by Gasteiger charge is 2.23. The summed E-state index contributed by atoms with van der Waals surface area (Å²) in [6.07, 6.45) is 2.51. The number of carbonyl (C=O) groups is 1. The summed E-state index contributed by atoms with van der Waals surface area (Å²) < 4.78 is 2.20. The molecule has 1 aliphatic carbocycles. The van der Waals surface area contributed by atoms with Crippen molar-refractivity contribution in [3.8, 4) is 5.69 Å². The van der Waals surface area contributed by atoms with Gasteiger partial charge in [-0.15, -0.1) is 0 Å². The van der Waals surface area contributed by atoms with Gasteiger partial charge < -0.3 is 15.0 Å². The van der Waals surface area contributed by atoms with E-state index in [1.807, 2.05) is 24.3 Å². The van der Waals surface area contributed by atoms with Gasteiger partial charge in [0, 0.05) is 35.2 Å². The Morgan fingerprint density at radius 2 is 2.05 bits per heavy atom. The number of aliphatic hydroxyl groups is 1. The van der Waals surface area contributed by atoms with Gasteiger partial charge in [0.05, 0.1) is 6.10 Å². The number of hydrogen-bond donors (Lipinski definition) is 2. The van der Waals surface area contributed by atoms with Crippen LogP contribution in [0.15, 0.2) is 30.3 Å². The summed E-state index contributed by atoms with van der Waals surface area (Å²) in [6, 6.07) is 9.89. The number of benzene rings is 1. The maximum absolute atomic E-state index is 11.1. The molecule has 1 aliphatic rings. The van der Waals surface area contributed by atoms with Gasteiger partial charge in [-0.2, -0.15) is 0 Å². The van der Waals surface area contributed by atoms with E-state index in [2.05, 4.69) is 22.9 Å². The molecule has 0 aliphatic heterocycles. The number of aryl methyl sites for hydroxylation is 1. The molecule has 1 aromatic heterocycles. The topological polar surface area (TPSA) is 54.3 Å². The van der Waals surface area contributed by atoms with Gasteiger partial charge in [-0.1, -0.05) is 0 Å². The van der Waals surface area contributed by atoms with E-state index in [0.29, 0.717) is 0 Å². The number of rotatable bonds is 2. The molecular formula is C17H20N2O2. The first-order valence-electron chi connectivity index (χ1n) is 7.33. The molecule has 3 rings (SSSR count). The lowest BCUT2D eigenvalue weighted by molar-refractivity contribution is -0.114. The van der Waals surface area contributed by atoms with Crippen LogP contribution in [0.25, 0.3) is 5.69 Å². The third-order valence-electron chi connectivity index (χ3n) is 4.02. The lowest BCUT2D eigenvalue weighted by atomic mass is 9.95. The Morgan fingerprint density at radius 3 is 2.71 bits per heavy atom. The fraction of sp³-hybridized carbons (Fsp3) is 0.353. The highest BCUT2D eigenvalue weighted by molar-refractivity contribution is 5.88. The summed E-state index contributed by atoms with van der Waals surface area (Å²) in [5, 5.41) is 12.9. The van der Waals surface area contributed by atoms with Crippen LogP contribution in [0, 0.1) is 6.92 Å². The molecule has 0 spiro atoms. The molecule has 1 unspecified atom stereocenters. The molecule has 0 saturated heterocycles. The predicted octanol–water partition coefficient (Wildman–Crippen LogP) is 3.11. The number of aromatic nitrogens is 1. The fourth-order valence-corrected chi connectivity index (χ4v) is 3.13. The second-order valence-corrected chi connectivity index (χ2v) is 5.66. The van der Waals surface area contributed by atoms with E-state index in [1.54, 1.807) is 0 Å². The Balaban J connectivity index is 1.99. The first-order chi connectivity index (χ1) is 10.1. The molecule has 1 atom stereocenters. The Bertz CT molecular complexity index is 671. The minimum Gasteiger partial charge on any atom is -0.388 e. The van der Waals surface area contributed by atoms with Crippen molar-refractivity contribution in [3.63, 3.8) is 0 Å². The SMILES string of the molecule is CC(=O)Nc1ccc(-n2c(C)cc3c2CCCC3O)cc1. The highest BCUT2D eigenvalue weighted by atomic mass is 16.3. The maximum Gasteiger partial charge on any atom is 0.221 e. The van der Waals surface area contributed by atoms with E-state index in [-0.39, 0.29) is 12.0 Å². The smallest absolute Gasteiger partial charge is 0.221 e. The Morgan fingerprint density at radius 1 is 1.33 bits per heavy atom. The lowest BCUT2D eigenvalue weighted by Gasteiger charge is -2.20. The summed E-state index contributed by atoms with van der Waals surface area (Å²) in [4.78, 5) is 11.1. The van der Waals surface area contributed by atoms with Crippen LogP contribution >= 0.6 is 0 Å². The Kier molecular flexibility index (Phi) is 3.55. The normalized spacial score (nSPS) is 17.4. The van der Waals surface area contributed by atoms with E-state index < -0.39 is 0 Å². The second kappa shape index (κ2) is 5.37. The van der Waals surface area contributed by atoms with Crippen LogP contribution in [0.3, 0.4) is 0 Å².